The van der Waals surface area contributed by atoms with Crippen molar-refractivity contribution in [3.8, 4) is 0 Å². The number of carbonyl (C=O) groups is 1. The fourth-order valence-corrected chi connectivity index (χ4v) is 3.37. The van der Waals surface area contributed by atoms with Crippen LogP contribution in [0, 0.1) is 12.8 Å². The maximum Gasteiger partial charge on any atom is 0.136 e. The zero-order valence-corrected chi connectivity index (χ0v) is 12.6. The van der Waals surface area contributed by atoms with E-state index in [4.69, 9.17) is 0 Å². The molecule has 0 amide bonds. The topological polar surface area (TPSA) is 32.9 Å². The fraction of sp³-hybridized carbons (Fsp3) is 0.500. The number of aryl methyl sites for hydroxylation is 1. The molecule has 0 saturated heterocycles. The van der Waals surface area contributed by atoms with E-state index in [1.54, 1.807) is 0 Å². The van der Waals surface area contributed by atoms with Crippen molar-refractivity contribution in [3.63, 3.8) is 0 Å². The molecule has 20 heavy (non-hydrogen) atoms. The predicted molar refractivity (Wildman–Crippen MR) is 83.2 cm³/mol. The van der Waals surface area contributed by atoms with E-state index in [1.807, 2.05) is 0 Å². The van der Waals surface area contributed by atoms with Crippen LogP contribution in [-0.4, -0.2) is 10.8 Å². The molecule has 0 spiro atoms. The van der Waals surface area contributed by atoms with Gasteiger partial charge in [0, 0.05) is 28.9 Å². The molecule has 2 nitrogen and oxygen atoms in total. The van der Waals surface area contributed by atoms with Gasteiger partial charge in [-0.15, -0.1) is 0 Å². The number of fused-ring (bicyclic) bond motifs is 1. The molecular formula is C18H23NO. The third-order valence-corrected chi connectivity index (χ3v) is 4.69. The second kappa shape index (κ2) is 5.08. The summed E-state index contributed by atoms with van der Waals surface area (Å²) in [6, 6.07) is 6.68. The summed E-state index contributed by atoms with van der Waals surface area (Å²) in [4.78, 5) is 15.4. The molecule has 106 valence electrons. The van der Waals surface area contributed by atoms with Crippen LogP contribution in [-0.2, 0) is 11.2 Å². The van der Waals surface area contributed by atoms with Gasteiger partial charge in [-0.1, -0.05) is 19.9 Å². The van der Waals surface area contributed by atoms with Crippen LogP contribution in [0.15, 0.2) is 18.2 Å². The molecule has 0 aliphatic heterocycles. The molecule has 0 radical (unpaired) electrons. The first kappa shape index (κ1) is 13.4. The lowest BCUT2D eigenvalue weighted by molar-refractivity contribution is -0.120. The summed E-state index contributed by atoms with van der Waals surface area (Å²) in [5, 5.41) is 1.31. The molecular weight excluding hydrogens is 246 g/mol. The van der Waals surface area contributed by atoms with Gasteiger partial charge in [-0.2, -0.15) is 0 Å². The Morgan fingerprint density at radius 3 is 2.80 bits per heavy atom. The molecule has 1 saturated carbocycles. The van der Waals surface area contributed by atoms with Crippen LogP contribution in [0.25, 0.3) is 10.9 Å². The maximum atomic E-state index is 11.9. The summed E-state index contributed by atoms with van der Waals surface area (Å²) in [7, 11) is 0. The lowest BCUT2D eigenvalue weighted by atomic mass is 9.93. The van der Waals surface area contributed by atoms with Crippen molar-refractivity contribution in [3.05, 3.63) is 35.0 Å². The molecule has 1 aromatic carbocycles. The second-order valence-electron chi connectivity index (χ2n) is 6.45. The van der Waals surface area contributed by atoms with Gasteiger partial charge in [-0.25, -0.2) is 0 Å². The van der Waals surface area contributed by atoms with Gasteiger partial charge >= 0.3 is 0 Å². The van der Waals surface area contributed by atoms with Crippen LogP contribution in [0.1, 0.15) is 55.8 Å². The Bertz CT molecular complexity index is 651. The molecule has 3 rings (SSSR count). The Morgan fingerprint density at radius 1 is 1.35 bits per heavy atom. The number of ketones is 1. The number of carbonyl (C=O) groups excluding carboxylic acids is 1. The van der Waals surface area contributed by atoms with Gasteiger partial charge < -0.3 is 4.98 Å². The van der Waals surface area contributed by atoms with Crippen molar-refractivity contribution in [1.82, 2.24) is 4.98 Å². The van der Waals surface area contributed by atoms with E-state index in [-0.39, 0.29) is 5.92 Å². The average molecular weight is 269 g/mol. The van der Waals surface area contributed by atoms with E-state index in [9.17, 15) is 4.79 Å². The van der Waals surface area contributed by atoms with Crippen molar-refractivity contribution in [1.29, 1.82) is 0 Å². The summed E-state index contributed by atoms with van der Waals surface area (Å²) >= 11 is 0. The zero-order valence-electron chi connectivity index (χ0n) is 12.6. The summed E-state index contributed by atoms with van der Waals surface area (Å²) in [5.41, 5.74) is 5.14. The molecule has 1 aliphatic carbocycles. The molecule has 1 N–H and O–H groups in total. The Morgan fingerprint density at radius 2 is 2.15 bits per heavy atom. The average Bonchev–Trinajstić information content (AvgIpc) is 2.94. The van der Waals surface area contributed by atoms with E-state index < -0.39 is 0 Å². The van der Waals surface area contributed by atoms with E-state index >= 15 is 0 Å². The first-order chi connectivity index (χ1) is 9.56. The first-order valence-electron chi connectivity index (χ1n) is 7.70. The third-order valence-electron chi connectivity index (χ3n) is 4.69. The zero-order chi connectivity index (χ0) is 14.3. The normalized spacial score (nSPS) is 19.4. The van der Waals surface area contributed by atoms with Crippen LogP contribution in [0.2, 0.25) is 0 Å². The molecule has 1 aliphatic rings. The Kier molecular flexibility index (Phi) is 3.41. The van der Waals surface area contributed by atoms with E-state index in [0.29, 0.717) is 11.7 Å². The minimum atomic E-state index is 0.246. The van der Waals surface area contributed by atoms with Gasteiger partial charge in [0.25, 0.3) is 0 Å². The first-order valence-corrected chi connectivity index (χ1v) is 7.70. The summed E-state index contributed by atoms with van der Waals surface area (Å²) in [5.74, 6) is 1.24. The highest BCUT2D eigenvalue weighted by Crippen LogP contribution is 2.31. The number of aromatic amines is 1. The molecule has 0 bridgehead atoms. The number of H-pyrrole nitrogens is 1. The molecule has 1 unspecified atom stereocenters. The molecule has 1 atom stereocenters. The summed E-state index contributed by atoms with van der Waals surface area (Å²) < 4.78 is 0. The lowest BCUT2D eigenvalue weighted by Gasteiger charge is -2.09. The van der Waals surface area contributed by atoms with Crippen molar-refractivity contribution in [2.75, 3.05) is 0 Å². The number of hydrogen-bond acceptors (Lipinski definition) is 1. The minimum absolute atomic E-state index is 0.246. The highest BCUT2D eigenvalue weighted by Gasteiger charge is 2.26. The smallest absolute Gasteiger partial charge is 0.136 e. The van der Waals surface area contributed by atoms with Gasteiger partial charge in [-0.05, 0) is 55.4 Å². The largest absolute Gasteiger partial charge is 0.358 e. The lowest BCUT2D eigenvalue weighted by Crippen LogP contribution is -2.09. The Labute approximate surface area is 120 Å². The minimum Gasteiger partial charge on any atom is -0.358 e. The van der Waals surface area contributed by atoms with E-state index in [1.165, 1.54) is 27.7 Å². The summed E-state index contributed by atoms with van der Waals surface area (Å²) in [6.45, 7) is 6.57. The third kappa shape index (κ3) is 2.28. The number of benzene rings is 1. The van der Waals surface area contributed by atoms with Crippen LogP contribution in [0.3, 0.4) is 0 Å². The van der Waals surface area contributed by atoms with Gasteiger partial charge in [-0.3, -0.25) is 4.79 Å². The second-order valence-corrected chi connectivity index (χ2v) is 6.45. The van der Waals surface area contributed by atoms with Crippen LogP contribution >= 0.6 is 0 Å². The van der Waals surface area contributed by atoms with Crippen molar-refractivity contribution in [2.24, 2.45) is 5.92 Å². The molecule has 2 heteroatoms. The highest BCUT2D eigenvalue weighted by molar-refractivity contribution is 5.87. The molecule has 2 aromatic rings. The van der Waals surface area contributed by atoms with Gasteiger partial charge in [0.15, 0.2) is 0 Å². The SMILES string of the molecule is Cc1[nH]c2ccc(C(C)C)cc2c1CC1CCCC1=O. The monoisotopic (exact) mass is 269 g/mol. The number of Topliss-reactive ketones (excluding diaryl/α,β-unsaturated/α-hetero) is 1. The van der Waals surface area contributed by atoms with Gasteiger partial charge in [0.05, 0.1) is 0 Å². The van der Waals surface area contributed by atoms with Crippen LogP contribution in [0.5, 0.6) is 0 Å². The van der Waals surface area contributed by atoms with E-state index in [2.05, 4.69) is 44.0 Å². The Hall–Kier alpha value is -1.57. The Balaban J connectivity index is 2.02. The number of nitrogens with one attached hydrogen (secondary N) is 1. The number of hydrogen-bond donors (Lipinski definition) is 1. The quantitative estimate of drug-likeness (QED) is 0.873. The highest BCUT2D eigenvalue weighted by atomic mass is 16.1. The maximum absolute atomic E-state index is 11.9. The van der Waals surface area contributed by atoms with Crippen molar-refractivity contribution < 1.29 is 4.79 Å². The van der Waals surface area contributed by atoms with Gasteiger partial charge in [0.1, 0.15) is 5.78 Å². The number of aromatic nitrogens is 1. The summed E-state index contributed by atoms with van der Waals surface area (Å²) in [6.07, 6.45) is 3.83. The van der Waals surface area contributed by atoms with Crippen molar-refractivity contribution in [2.45, 2.75) is 52.4 Å². The number of rotatable bonds is 3. The fourth-order valence-electron chi connectivity index (χ4n) is 3.37. The van der Waals surface area contributed by atoms with Crippen LogP contribution in [0.4, 0.5) is 0 Å². The standard InChI is InChI=1S/C18H23NO/c1-11(2)13-7-8-17-16(9-13)15(12(3)19-17)10-14-5-4-6-18(14)20/h7-9,11,14,19H,4-6,10H2,1-3H3. The van der Waals surface area contributed by atoms with Crippen molar-refractivity contribution >= 4 is 16.7 Å². The van der Waals surface area contributed by atoms with Gasteiger partial charge in [0.2, 0.25) is 0 Å². The molecule has 1 aromatic heterocycles. The molecule has 1 fully saturated rings. The van der Waals surface area contributed by atoms with Crippen LogP contribution < -0.4 is 0 Å². The predicted octanol–water partition coefficient (Wildman–Crippen LogP) is 4.51. The molecule has 1 heterocycles. The van der Waals surface area contributed by atoms with E-state index in [0.717, 1.165) is 25.7 Å².